The number of aryl methyl sites for hydroxylation is 2. The van der Waals surface area contributed by atoms with Crippen molar-refractivity contribution in [3.8, 4) is 11.1 Å². The van der Waals surface area contributed by atoms with Gasteiger partial charge in [0.25, 0.3) is 0 Å². The molecule has 0 radical (unpaired) electrons. The molecule has 3 aromatic rings. The van der Waals surface area contributed by atoms with E-state index in [1.165, 1.54) is 11.1 Å². The summed E-state index contributed by atoms with van der Waals surface area (Å²) in [6.45, 7) is 4.36. The van der Waals surface area contributed by atoms with E-state index in [2.05, 4.69) is 75.6 Å². The lowest BCUT2D eigenvalue weighted by Crippen LogP contribution is -2.44. The van der Waals surface area contributed by atoms with Gasteiger partial charge in [0.2, 0.25) is 11.9 Å². The Labute approximate surface area is 184 Å². The molecule has 5 heteroatoms. The van der Waals surface area contributed by atoms with Crippen molar-refractivity contribution in [2.45, 2.75) is 32.6 Å². The molecular formula is C26H30N4O. The fraction of sp³-hybridized carbons (Fsp3) is 0.346. The summed E-state index contributed by atoms with van der Waals surface area (Å²) in [5, 5.41) is 3.12. The smallest absolute Gasteiger partial charge is 0.225 e. The van der Waals surface area contributed by atoms with Gasteiger partial charge in [0.05, 0.1) is 5.92 Å². The molecule has 1 aliphatic rings. The number of carbonyl (C=O) groups excluding carboxylic acids is 1. The third kappa shape index (κ3) is 5.69. The number of aromatic nitrogens is 2. The largest absolute Gasteiger partial charge is 0.356 e. The Balaban J connectivity index is 1.28. The van der Waals surface area contributed by atoms with Crippen molar-refractivity contribution in [3.63, 3.8) is 0 Å². The topological polar surface area (TPSA) is 58.1 Å². The van der Waals surface area contributed by atoms with Crippen molar-refractivity contribution in [1.82, 2.24) is 15.3 Å². The van der Waals surface area contributed by atoms with Crippen LogP contribution in [-0.2, 0) is 11.2 Å². The maximum Gasteiger partial charge on any atom is 0.225 e. The van der Waals surface area contributed by atoms with Gasteiger partial charge in [0.15, 0.2) is 0 Å². The number of amides is 1. The normalized spacial score (nSPS) is 16.2. The second-order valence-electron chi connectivity index (χ2n) is 8.30. The van der Waals surface area contributed by atoms with Gasteiger partial charge in [0, 0.05) is 37.6 Å². The predicted octanol–water partition coefficient (Wildman–Crippen LogP) is 4.42. The summed E-state index contributed by atoms with van der Waals surface area (Å²) in [6, 6.07) is 18.8. The predicted molar refractivity (Wildman–Crippen MR) is 125 cm³/mol. The number of rotatable bonds is 7. The van der Waals surface area contributed by atoms with Crippen LogP contribution in [0.5, 0.6) is 0 Å². The van der Waals surface area contributed by atoms with E-state index in [-0.39, 0.29) is 11.8 Å². The first-order valence-corrected chi connectivity index (χ1v) is 11.1. The molecule has 2 aromatic carbocycles. The molecule has 31 heavy (non-hydrogen) atoms. The summed E-state index contributed by atoms with van der Waals surface area (Å²) < 4.78 is 0. The second kappa shape index (κ2) is 10.2. The molecule has 1 aromatic heterocycles. The van der Waals surface area contributed by atoms with Crippen LogP contribution in [0.1, 0.15) is 30.4 Å². The molecule has 1 N–H and O–H groups in total. The van der Waals surface area contributed by atoms with Crippen molar-refractivity contribution in [2.75, 3.05) is 24.5 Å². The molecule has 0 aliphatic carbocycles. The van der Waals surface area contributed by atoms with Crippen LogP contribution in [0.25, 0.3) is 11.1 Å². The number of piperidine rings is 1. The molecule has 1 saturated heterocycles. The Kier molecular flexibility index (Phi) is 6.92. The van der Waals surface area contributed by atoms with E-state index in [9.17, 15) is 4.79 Å². The van der Waals surface area contributed by atoms with Gasteiger partial charge in [0.1, 0.15) is 0 Å². The molecular weight excluding hydrogens is 384 g/mol. The van der Waals surface area contributed by atoms with E-state index in [0.29, 0.717) is 19.0 Å². The Morgan fingerprint density at radius 1 is 1.03 bits per heavy atom. The first-order chi connectivity index (χ1) is 15.2. The number of anilines is 1. The molecule has 0 bridgehead atoms. The number of hydrogen-bond donors (Lipinski definition) is 1. The van der Waals surface area contributed by atoms with Crippen LogP contribution in [0.2, 0.25) is 0 Å². The number of nitrogens with one attached hydrogen (secondary N) is 1. The minimum atomic E-state index is -0.00847. The van der Waals surface area contributed by atoms with Crippen molar-refractivity contribution in [3.05, 3.63) is 78.1 Å². The number of benzene rings is 2. The lowest BCUT2D eigenvalue weighted by atomic mass is 9.97. The van der Waals surface area contributed by atoms with E-state index >= 15 is 0 Å². The monoisotopic (exact) mass is 414 g/mol. The van der Waals surface area contributed by atoms with E-state index in [4.69, 9.17) is 0 Å². The van der Waals surface area contributed by atoms with Crippen LogP contribution in [0.3, 0.4) is 0 Å². The molecule has 1 fully saturated rings. The Morgan fingerprint density at radius 2 is 1.77 bits per heavy atom. The molecule has 160 valence electrons. The molecule has 0 spiro atoms. The SMILES string of the molecule is Cc1ccc(-c2cnc(N3CCC[C@H](C(=O)NCCCc4ccccc4)C3)nc2)cc1. The van der Waals surface area contributed by atoms with Crippen molar-refractivity contribution in [2.24, 2.45) is 5.92 Å². The van der Waals surface area contributed by atoms with Crippen LogP contribution in [0.4, 0.5) is 5.95 Å². The molecule has 5 nitrogen and oxygen atoms in total. The summed E-state index contributed by atoms with van der Waals surface area (Å²) in [7, 11) is 0. The number of nitrogens with zero attached hydrogens (tertiary/aromatic N) is 3. The highest BCUT2D eigenvalue weighted by Gasteiger charge is 2.26. The third-order valence-corrected chi connectivity index (χ3v) is 5.88. The zero-order valence-corrected chi connectivity index (χ0v) is 18.1. The lowest BCUT2D eigenvalue weighted by Gasteiger charge is -2.32. The van der Waals surface area contributed by atoms with Gasteiger partial charge in [-0.05, 0) is 43.7 Å². The maximum atomic E-state index is 12.7. The fourth-order valence-electron chi connectivity index (χ4n) is 4.05. The Morgan fingerprint density at radius 3 is 2.52 bits per heavy atom. The first kappa shape index (κ1) is 21.0. The standard InChI is InChI=1S/C26H30N4O/c1-20-11-13-22(14-12-20)24-17-28-26(29-18-24)30-16-6-10-23(19-30)25(31)27-15-5-9-21-7-3-2-4-8-21/h2-4,7-8,11-14,17-18,23H,5-6,9-10,15-16,19H2,1H3,(H,27,31)/t23-/m0/s1. The molecule has 1 atom stereocenters. The summed E-state index contributed by atoms with van der Waals surface area (Å²) in [5.41, 5.74) is 4.67. The average Bonchev–Trinajstić information content (AvgIpc) is 2.83. The summed E-state index contributed by atoms with van der Waals surface area (Å²) in [5.74, 6) is 0.845. The van der Waals surface area contributed by atoms with E-state index < -0.39 is 0 Å². The molecule has 0 saturated carbocycles. The van der Waals surface area contributed by atoms with Crippen molar-refractivity contribution < 1.29 is 4.79 Å². The Hall–Kier alpha value is -3.21. The average molecular weight is 415 g/mol. The minimum Gasteiger partial charge on any atom is -0.356 e. The highest BCUT2D eigenvalue weighted by molar-refractivity contribution is 5.79. The minimum absolute atomic E-state index is 0.00847. The molecule has 1 aliphatic heterocycles. The highest BCUT2D eigenvalue weighted by atomic mass is 16.1. The van der Waals surface area contributed by atoms with Gasteiger partial charge < -0.3 is 10.2 Å². The summed E-state index contributed by atoms with van der Waals surface area (Å²) in [6.07, 6.45) is 7.59. The van der Waals surface area contributed by atoms with Gasteiger partial charge in [-0.2, -0.15) is 0 Å². The molecule has 4 rings (SSSR count). The lowest BCUT2D eigenvalue weighted by molar-refractivity contribution is -0.125. The molecule has 1 amide bonds. The second-order valence-corrected chi connectivity index (χ2v) is 8.30. The number of carbonyl (C=O) groups is 1. The highest BCUT2D eigenvalue weighted by Crippen LogP contribution is 2.23. The first-order valence-electron chi connectivity index (χ1n) is 11.1. The molecule has 2 heterocycles. The van der Waals surface area contributed by atoms with Crippen molar-refractivity contribution >= 4 is 11.9 Å². The van der Waals surface area contributed by atoms with Gasteiger partial charge in [-0.15, -0.1) is 0 Å². The quantitative estimate of drug-likeness (QED) is 0.582. The van der Waals surface area contributed by atoms with E-state index in [1.54, 1.807) is 0 Å². The van der Waals surface area contributed by atoms with E-state index in [0.717, 1.165) is 43.4 Å². The maximum absolute atomic E-state index is 12.7. The van der Waals surface area contributed by atoms with E-state index in [1.807, 2.05) is 18.5 Å². The fourth-order valence-corrected chi connectivity index (χ4v) is 4.05. The third-order valence-electron chi connectivity index (χ3n) is 5.88. The zero-order valence-electron chi connectivity index (χ0n) is 18.1. The molecule has 0 unspecified atom stereocenters. The Bertz CT molecular complexity index is 971. The van der Waals surface area contributed by atoms with Crippen LogP contribution < -0.4 is 10.2 Å². The van der Waals surface area contributed by atoms with Gasteiger partial charge in [-0.1, -0.05) is 60.2 Å². The summed E-state index contributed by atoms with van der Waals surface area (Å²) in [4.78, 5) is 24.0. The van der Waals surface area contributed by atoms with Crippen molar-refractivity contribution in [1.29, 1.82) is 0 Å². The van der Waals surface area contributed by atoms with Gasteiger partial charge >= 0.3 is 0 Å². The summed E-state index contributed by atoms with van der Waals surface area (Å²) >= 11 is 0. The number of hydrogen-bond acceptors (Lipinski definition) is 4. The van der Waals surface area contributed by atoms with Crippen LogP contribution >= 0.6 is 0 Å². The zero-order chi connectivity index (χ0) is 21.5. The van der Waals surface area contributed by atoms with Crippen LogP contribution in [-0.4, -0.2) is 35.5 Å². The van der Waals surface area contributed by atoms with Gasteiger partial charge in [-0.25, -0.2) is 9.97 Å². The van der Waals surface area contributed by atoms with Crippen LogP contribution in [0.15, 0.2) is 67.0 Å². The van der Waals surface area contributed by atoms with Crippen LogP contribution in [0, 0.1) is 12.8 Å². The van der Waals surface area contributed by atoms with Gasteiger partial charge in [-0.3, -0.25) is 4.79 Å².